The zero-order chi connectivity index (χ0) is 17.9. The fraction of sp³-hybridized carbons (Fsp3) is 0.300. The molecular formula is C20H20ClN3OS. The largest absolute Gasteiger partial charge is 0.369 e. The molecule has 0 radical (unpaired) electrons. The Morgan fingerprint density at radius 1 is 1.19 bits per heavy atom. The summed E-state index contributed by atoms with van der Waals surface area (Å²) in [5.74, 6) is 0. The zero-order valence-corrected chi connectivity index (χ0v) is 16.1. The van der Waals surface area contributed by atoms with Gasteiger partial charge in [-0.15, -0.1) is 11.3 Å². The molecule has 2 aromatic heterocycles. The van der Waals surface area contributed by atoms with Crippen molar-refractivity contribution < 1.29 is 4.74 Å². The second kappa shape index (κ2) is 7.84. The van der Waals surface area contributed by atoms with E-state index < -0.39 is 0 Å². The molecule has 0 bridgehead atoms. The van der Waals surface area contributed by atoms with E-state index in [2.05, 4.69) is 27.0 Å². The van der Waals surface area contributed by atoms with Gasteiger partial charge in [0.25, 0.3) is 0 Å². The Morgan fingerprint density at radius 3 is 2.85 bits per heavy atom. The summed E-state index contributed by atoms with van der Waals surface area (Å²) >= 11 is 7.84. The highest BCUT2D eigenvalue weighted by Crippen LogP contribution is 2.26. The molecule has 1 aromatic carbocycles. The lowest BCUT2D eigenvalue weighted by molar-refractivity contribution is -0.0346. The predicted molar refractivity (Wildman–Crippen MR) is 106 cm³/mol. The molecule has 1 saturated heterocycles. The highest BCUT2D eigenvalue weighted by atomic mass is 35.5. The van der Waals surface area contributed by atoms with Crippen LogP contribution in [0.25, 0.3) is 11.1 Å². The van der Waals surface area contributed by atoms with Gasteiger partial charge in [-0.05, 0) is 30.7 Å². The number of aryl methyl sites for hydroxylation is 1. The van der Waals surface area contributed by atoms with Crippen molar-refractivity contribution in [1.82, 2.24) is 14.9 Å². The van der Waals surface area contributed by atoms with Crippen LogP contribution in [-0.2, 0) is 11.3 Å². The van der Waals surface area contributed by atoms with Crippen LogP contribution in [0, 0.1) is 6.92 Å². The van der Waals surface area contributed by atoms with Crippen LogP contribution < -0.4 is 0 Å². The van der Waals surface area contributed by atoms with Gasteiger partial charge in [-0.25, -0.2) is 4.98 Å². The van der Waals surface area contributed by atoms with Crippen LogP contribution in [0.1, 0.15) is 21.7 Å². The van der Waals surface area contributed by atoms with Gasteiger partial charge in [0.2, 0.25) is 0 Å². The summed E-state index contributed by atoms with van der Waals surface area (Å²) in [4.78, 5) is 12.7. The summed E-state index contributed by atoms with van der Waals surface area (Å²) in [6.45, 7) is 5.47. The highest BCUT2D eigenvalue weighted by molar-refractivity contribution is 7.11. The number of pyridine rings is 1. The maximum Gasteiger partial charge on any atom is 0.112 e. The molecule has 1 atom stereocenters. The van der Waals surface area contributed by atoms with Crippen molar-refractivity contribution in [3.05, 3.63) is 69.4 Å². The van der Waals surface area contributed by atoms with Crippen LogP contribution in [0.4, 0.5) is 0 Å². The number of ether oxygens (including phenoxy) is 1. The van der Waals surface area contributed by atoms with Gasteiger partial charge in [-0.1, -0.05) is 29.8 Å². The molecule has 3 heterocycles. The van der Waals surface area contributed by atoms with Crippen molar-refractivity contribution in [2.75, 3.05) is 19.7 Å². The van der Waals surface area contributed by atoms with Gasteiger partial charge in [0.1, 0.15) is 6.10 Å². The molecule has 1 fully saturated rings. The van der Waals surface area contributed by atoms with Gasteiger partial charge in [0, 0.05) is 47.5 Å². The number of rotatable bonds is 4. The maximum absolute atomic E-state index is 6.08. The number of aromatic nitrogens is 2. The molecule has 0 N–H and O–H groups in total. The standard InChI is InChI=1S/C20H20ClN3OS/c1-14-22-11-18(26-14)12-24-7-8-25-20(13-24)19-6-5-16(10-23-19)15-3-2-4-17(21)9-15/h2-6,9-11,20H,7-8,12-13H2,1H3/t20-/m1/s1. The van der Waals surface area contributed by atoms with Crippen molar-refractivity contribution in [2.45, 2.75) is 19.6 Å². The van der Waals surface area contributed by atoms with Crippen LogP contribution in [0.5, 0.6) is 0 Å². The number of morpholine rings is 1. The summed E-state index contributed by atoms with van der Waals surface area (Å²) in [6.07, 6.45) is 3.88. The topological polar surface area (TPSA) is 38.2 Å². The smallest absolute Gasteiger partial charge is 0.112 e. The number of thiazole rings is 1. The second-order valence-electron chi connectivity index (χ2n) is 6.42. The summed E-state index contributed by atoms with van der Waals surface area (Å²) in [6, 6.07) is 12.0. The van der Waals surface area contributed by atoms with Crippen LogP contribution in [0.15, 0.2) is 48.8 Å². The number of benzene rings is 1. The Balaban J connectivity index is 1.45. The van der Waals surface area contributed by atoms with E-state index in [1.807, 2.05) is 43.6 Å². The third-order valence-corrected chi connectivity index (χ3v) is 5.61. The molecule has 4 rings (SSSR count). The Kier molecular flexibility index (Phi) is 5.31. The lowest BCUT2D eigenvalue weighted by Crippen LogP contribution is -2.37. The van der Waals surface area contributed by atoms with Gasteiger partial charge >= 0.3 is 0 Å². The molecule has 1 aliphatic heterocycles. The number of nitrogens with zero attached hydrogens (tertiary/aromatic N) is 3. The maximum atomic E-state index is 6.08. The quantitative estimate of drug-likeness (QED) is 0.650. The molecule has 6 heteroatoms. The number of halogens is 1. The minimum Gasteiger partial charge on any atom is -0.369 e. The van der Waals surface area contributed by atoms with Crippen LogP contribution in [0.3, 0.4) is 0 Å². The Hall–Kier alpha value is -1.79. The molecule has 0 aliphatic carbocycles. The molecule has 3 aromatic rings. The van der Waals surface area contributed by atoms with Crippen molar-refractivity contribution in [3.63, 3.8) is 0 Å². The number of hydrogen-bond donors (Lipinski definition) is 0. The minimum absolute atomic E-state index is 0.00572. The van der Waals surface area contributed by atoms with Crippen molar-refractivity contribution in [1.29, 1.82) is 0 Å². The molecule has 0 amide bonds. The van der Waals surface area contributed by atoms with Crippen LogP contribution in [0.2, 0.25) is 5.02 Å². The fourth-order valence-corrected chi connectivity index (χ4v) is 4.19. The van der Waals surface area contributed by atoms with Gasteiger partial charge in [0.15, 0.2) is 0 Å². The highest BCUT2D eigenvalue weighted by Gasteiger charge is 2.23. The zero-order valence-electron chi connectivity index (χ0n) is 14.6. The molecular weight excluding hydrogens is 366 g/mol. The first-order valence-corrected chi connectivity index (χ1v) is 9.84. The van der Waals surface area contributed by atoms with E-state index in [1.165, 1.54) is 4.88 Å². The average Bonchev–Trinajstić information content (AvgIpc) is 3.07. The van der Waals surface area contributed by atoms with Gasteiger partial charge in [-0.2, -0.15) is 0 Å². The summed E-state index contributed by atoms with van der Waals surface area (Å²) in [5.41, 5.74) is 3.10. The third kappa shape index (κ3) is 4.13. The van der Waals surface area contributed by atoms with E-state index in [9.17, 15) is 0 Å². The van der Waals surface area contributed by atoms with Crippen LogP contribution in [-0.4, -0.2) is 34.6 Å². The Labute approximate surface area is 162 Å². The van der Waals surface area contributed by atoms with Crippen molar-refractivity contribution in [2.24, 2.45) is 0 Å². The molecule has 134 valence electrons. The lowest BCUT2D eigenvalue weighted by atomic mass is 10.1. The van der Waals surface area contributed by atoms with E-state index in [0.717, 1.165) is 53.1 Å². The normalized spacial score (nSPS) is 18.2. The van der Waals surface area contributed by atoms with Crippen molar-refractivity contribution >= 4 is 22.9 Å². The molecule has 4 nitrogen and oxygen atoms in total. The lowest BCUT2D eigenvalue weighted by Gasteiger charge is -2.32. The second-order valence-corrected chi connectivity index (χ2v) is 8.18. The van der Waals surface area contributed by atoms with Gasteiger partial charge < -0.3 is 4.74 Å². The summed E-state index contributed by atoms with van der Waals surface area (Å²) in [5, 5.41) is 1.85. The van der Waals surface area contributed by atoms with Crippen LogP contribution >= 0.6 is 22.9 Å². The molecule has 0 saturated carbocycles. The van der Waals surface area contributed by atoms with E-state index in [1.54, 1.807) is 11.3 Å². The van der Waals surface area contributed by atoms with E-state index in [4.69, 9.17) is 16.3 Å². The Morgan fingerprint density at radius 2 is 2.12 bits per heavy atom. The first-order valence-electron chi connectivity index (χ1n) is 8.64. The average molecular weight is 386 g/mol. The fourth-order valence-electron chi connectivity index (χ4n) is 3.16. The predicted octanol–water partition coefficient (Wildman–Crippen LogP) is 4.74. The monoisotopic (exact) mass is 385 g/mol. The SMILES string of the molecule is Cc1ncc(CN2CCO[C@@H](c3ccc(-c4cccc(Cl)c4)cn3)C2)s1. The van der Waals surface area contributed by atoms with E-state index in [0.29, 0.717) is 0 Å². The molecule has 26 heavy (non-hydrogen) atoms. The van der Waals surface area contributed by atoms with Crippen molar-refractivity contribution in [3.8, 4) is 11.1 Å². The molecule has 0 spiro atoms. The molecule has 1 aliphatic rings. The third-order valence-electron chi connectivity index (χ3n) is 4.47. The van der Waals surface area contributed by atoms with Gasteiger partial charge in [0.05, 0.1) is 17.3 Å². The summed E-state index contributed by atoms with van der Waals surface area (Å²) in [7, 11) is 0. The molecule has 0 unspecified atom stereocenters. The summed E-state index contributed by atoms with van der Waals surface area (Å²) < 4.78 is 5.96. The minimum atomic E-state index is 0.00572. The van der Waals surface area contributed by atoms with E-state index >= 15 is 0 Å². The first kappa shape index (κ1) is 17.6. The first-order chi connectivity index (χ1) is 12.7. The Bertz CT molecular complexity index is 881. The van der Waals surface area contributed by atoms with Gasteiger partial charge in [-0.3, -0.25) is 9.88 Å². The van der Waals surface area contributed by atoms with E-state index in [-0.39, 0.29) is 6.10 Å². The number of hydrogen-bond acceptors (Lipinski definition) is 5.